The van der Waals surface area contributed by atoms with Gasteiger partial charge in [-0.1, -0.05) is 24.9 Å². The van der Waals surface area contributed by atoms with Crippen LogP contribution in [-0.2, 0) is 6.54 Å². The van der Waals surface area contributed by atoms with Gasteiger partial charge in [-0.2, -0.15) is 5.10 Å². The number of aryl methyl sites for hydroxylation is 2. The lowest BCUT2D eigenvalue weighted by atomic mass is 10.2. The van der Waals surface area contributed by atoms with Crippen molar-refractivity contribution < 1.29 is 9.90 Å². The average molecular weight is 268 g/mol. The fourth-order valence-corrected chi connectivity index (χ4v) is 2.24. The lowest BCUT2D eigenvalue weighted by Crippen LogP contribution is -2.03. The van der Waals surface area contributed by atoms with Crippen molar-refractivity contribution in [2.75, 3.05) is 0 Å². The third kappa shape index (κ3) is 2.06. The second-order valence-corrected chi connectivity index (χ2v) is 4.53. The molecule has 0 radical (unpaired) electrons. The molecule has 5 nitrogen and oxygen atoms in total. The van der Waals surface area contributed by atoms with Gasteiger partial charge in [0.05, 0.1) is 21.7 Å². The van der Waals surface area contributed by atoms with E-state index in [1.807, 2.05) is 6.92 Å². The Morgan fingerprint density at radius 3 is 2.89 bits per heavy atom. The standard InChI is InChI=1S/C12H14ClN3O2/c1-3-4-5-16-11-9(7(2)15-16)10(13)8(6-14-11)12(17)18/h6H,3-5H2,1-2H3,(H,17,18). The Balaban J connectivity index is 2.61. The number of unbranched alkanes of at least 4 members (excludes halogenated alkanes) is 1. The van der Waals surface area contributed by atoms with E-state index >= 15 is 0 Å². The largest absolute Gasteiger partial charge is 0.478 e. The van der Waals surface area contributed by atoms with E-state index in [2.05, 4.69) is 17.0 Å². The van der Waals surface area contributed by atoms with Gasteiger partial charge >= 0.3 is 5.97 Å². The molecule has 2 rings (SSSR count). The van der Waals surface area contributed by atoms with Crippen LogP contribution < -0.4 is 0 Å². The summed E-state index contributed by atoms with van der Waals surface area (Å²) in [5, 5.41) is 14.2. The summed E-state index contributed by atoms with van der Waals surface area (Å²) in [6, 6.07) is 0. The molecule has 0 aromatic carbocycles. The number of hydrogen-bond acceptors (Lipinski definition) is 3. The summed E-state index contributed by atoms with van der Waals surface area (Å²) in [4.78, 5) is 15.2. The molecular weight excluding hydrogens is 254 g/mol. The van der Waals surface area contributed by atoms with Gasteiger partial charge in [0, 0.05) is 12.7 Å². The van der Waals surface area contributed by atoms with Crippen molar-refractivity contribution in [3.8, 4) is 0 Å². The highest BCUT2D eigenvalue weighted by Gasteiger charge is 2.18. The minimum Gasteiger partial charge on any atom is -0.478 e. The molecule has 0 unspecified atom stereocenters. The van der Waals surface area contributed by atoms with Crippen LogP contribution in [0.5, 0.6) is 0 Å². The van der Waals surface area contributed by atoms with Crippen LogP contribution in [0.25, 0.3) is 11.0 Å². The van der Waals surface area contributed by atoms with Crippen molar-refractivity contribution >= 4 is 28.6 Å². The molecule has 0 saturated heterocycles. The number of aromatic carboxylic acids is 1. The first-order valence-electron chi connectivity index (χ1n) is 5.81. The van der Waals surface area contributed by atoms with Crippen LogP contribution >= 0.6 is 11.6 Å². The Labute approximate surface area is 109 Å². The van der Waals surface area contributed by atoms with Crippen LogP contribution in [0.15, 0.2) is 6.20 Å². The van der Waals surface area contributed by atoms with Gasteiger partial charge in [-0.25, -0.2) is 14.5 Å². The molecule has 0 saturated carbocycles. The van der Waals surface area contributed by atoms with E-state index in [-0.39, 0.29) is 10.6 Å². The maximum atomic E-state index is 11.0. The molecule has 0 fully saturated rings. The summed E-state index contributed by atoms with van der Waals surface area (Å²) < 4.78 is 1.78. The van der Waals surface area contributed by atoms with Crippen LogP contribution in [0.2, 0.25) is 5.02 Å². The SMILES string of the molecule is CCCCn1nc(C)c2c(Cl)c(C(=O)O)cnc21. The molecule has 0 bridgehead atoms. The Hall–Kier alpha value is -1.62. The molecule has 0 spiro atoms. The number of fused-ring (bicyclic) bond motifs is 1. The minimum atomic E-state index is -1.07. The summed E-state index contributed by atoms with van der Waals surface area (Å²) >= 11 is 6.12. The zero-order valence-corrected chi connectivity index (χ0v) is 11.0. The quantitative estimate of drug-likeness (QED) is 0.925. The van der Waals surface area contributed by atoms with E-state index in [4.69, 9.17) is 16.7 Å². The van der Waals surface area contributed by atoms with Gasteiger partial charge in [0.1, 0.15) is 0 Å². The van der Waals surface area contributed by atoms with Gasteiger partial charge in [0.25, 0.3) is 0 Å². The fourth-order valence-electron chi connectivity index (χ4n) is 1.89. The summed E-state index contributed by atoms with van der Waals surface area (Å²) in [6.07, 6.45) is 3.34. The number of carboxylic acid groups (broad SMARTS) is 1. The number of aromatic nitrogens is 3. The number of hydrogen-bond donors (Lipinski definition) is 1. The van der Waals surface area contributed by atoms with Gasteiger partial charge in [-0.05, 0) is 13.3 Å². The molecule has 2 heterocycles. The predicted molar refractivity (Wildman–Crippen MR) is 69.1 cm³/mol. The van der Waals surface area contributed by atoms with Crippen LogP contribution in [0.1, 0.15) is 35.8 Å². The Morgan fingerprint density at radius 2 is 2.28 bits per heavy atom. The second kappa shape index (κ2) is 4.94. The van der Waals surface area contributed by atoms with E-state index < -0.39 is 5.97 Å². The zero-order valence-electron chi connectivity index (χ0n) is 10.3. The maximum absolute atomic E-state index is 11.0. The monoisotopic (exact) mass is 267 g/mol. The Kier molecular flexibility index (Phi) is 3.52. The average Bonchev–Trinajstić information content (AvgIpc) is 2.64. The van der Waals surface area contributed by atoms with E-state index in [1.165, 1.54) is 6.20 Å². The highest BCUT2D eigenvalue weighted by atomic mass is 35.5. The lowest BCUT2D eigenvalue weighted by molar-refractivity contribution is 0.0697. The van der Waals surface area contributed by atoms with Crippen LogP contribution in [0, 0.1) is 6.92 Å². The topological polar surface area (TPSA) is 68.0 Å². The lowest BCUT2D eigenvalue weighted by Gasteiger charge is -2.03. The summed E-state index contributed by atoms with van der Waals surface area (Å²) in [5.41, 5.74) is 1.37. The molecule has 0 aliphatic heterocycles. The molecule has 18 heavy (non-hydrogen) atoms. The molecule has 1 N–H and O–H groups in total. The van der Waals surface area contributed by atoms with E-state index in [0.29, 0.717) is 16.7 Å². The first kappa shape index (κ1) is 12.8. The van der Waals surface area contributed by atoms with Crippen molar-refractivity contribution in [1.82, 2.24) is 14.8 Å². The molecule has 96 valence electrons. The van der Waals surface area contributed by atoms with Gasteiger partial charge in [0.2, 0.25) is 0 Å². The zero-order chi connectivity index (χ0) is 13.3. The van der Waals surface area contributed by atoms with Crippen molar-refractivity contribution in [3.63, 3.8) is 0 Å². The Morgan fingerprint density at radius 1 is 1.56 bits per heavy atom. The van der Waals surface area contributed by atoms with Crippen molar-refractivity contribution in [2.24, 2.45) is 0 Å². The summed E-state index contributed by atoms with van der Waals surface area (Å²) in [5.74, 6) is -1.07. The molecule has 2 aromatic rings. The second-order valence-electron chi connectivity index (χ2n) is 4.15. The van der Waals surface area contributed by atoms with Crippen molar-refractivity contribution in [2.45, 2.75) is 33.2 Å². The molecule has 6 heteroatoms. The number of rotatable bonds is 4. The van der Waals surface area contributed by atoms with Gasteiger partial charge in [-0.3, -0.25) is 0 Å². The fraction of sp³-hybridized carbons (Fsp3) is 0.417. The predicted octanol–water partition coefficient (Wildman–Crippen LogP) is 2.89. The third-order valence-electron chi connectivity index (χ3n) is 2.83. The smallest absolute Gasteiger partial charge is 0.338 e. The van der Waals surface area contributed by atoms with E-state index in [9.17, 15) is 4.79 Å². The third-order valence-corrected chi connectivity index (χ3v) is 3.22. The van der Waals surface area contributed by atoms with Gasteiger partial charge in [-0.15, -0.1) is 0 Å². The highest BCUT2D eigenvalue weighted by molar-refractivity contribution is 6.38. The normalized spacial score (nSPS) is 11.1. The number of pyridine rings is 1. The number of nitrogens with zero attached hydrogens (tertiary/aromatic N) is 3. The van der Waals surface area contributed by atoms with Gasteiger partial charge < -0.3 is 5.11 Å². The van der Waals surface area contributed by atoms with Crippen LogP contribution in [-0.4, -0.2) is 25.8 Å². The van der Waals surface area contributed by atoms with E-state index in [1.54, 1.807) is 4.68 Å². The molecular formula is C12H14ClN3O2. The first-order valence-corrected chi connectivity index (χ1v) is 6.19. The van der Waals surface area contributed by atoms with Crippen molar-refractivity contribution in [1.29, 1.82) is 0 Å². The van der Waals surface area contributed by atoms with Crippen LogP contribution in [0.4, 0.5) is 0 Å². The minimum absolute atomic E-state index is 0.0160. The summed E-state index contributed by atoms with van der Waals surface area (Å²) in [6.45, 7) is 4.67. The van der Waals surface area contributed by atoms with Crippen molar-refractivity contribution in [3.05, 3.63) is 22.5 Å². The number of carboxylic acids is 1. The maximum Gasteiger partial charge on any atom is 0.338 e. The number of carbonyl (C=O) groups is 1. The molecule has 0 aliphatic rings. The molecule has 0 aliphatic carbocycles. The van der Waals surface area contributed by atoms with E-state index in [0.717, 1.165) is 19.4 Å². The molecule has 0 amide bonds. The highest BCUT2D eigenvalue weighted by Crippen LogP contribution is 2.28. The van der Waals surface area contributed by atoms with Gasteiger partial charge in [0.15, 0.2) is 5.65 Å². The Bertz CT molecular complexity index is 607. The first-order chi connectivity index (χ1) is 8.56. The molecule has 0 atom stereocenters. The van der Waals surface area contributed by atoms with Crippen LogP contribution in [0.3, 0.4) is 0 Å². The summed E-state index contributed by atoms with van der Waals surface area (Å²) in [7, 11) is 0. The number of halogens is 1. The molecule has 2 aromatic heterocycles.